The van der Waals surface area contributed by atoms with Gasteiger partial charge in [-0.15, -0.1) is 0 Å². The molecule has 0 unspecified atom stereocenters. The maximum Gasteiger partial charge on any atom is 0.194 e. The van der Waals surface area contributed by atoms with E-state index in [9.17, 15) is 0 Å². The molecule has 3 rings (SSSR count). The van der Waals surface area contributed by atoms with E-state index in [4.69, 9.17) is 14.5 Å². The average molecular weight is 429 g/mol. The summed E-state index contributed by atoms with van der Waals surface area (Å²) in [6.07, 6.45) is 0. The second kappa shape index (κ2) is 11.0. The lowest BCUT2D eigenvalue weighted by Crippen LogP contribution is -2.52. The Balaban J connectivity index is 1.68. The van der Waals surface area contributed by atoms with Gasteiger partial charge in [-0.25, -0.2) is 4.99 Å². The second-order valence-corrected chi connectivity index (χ2v) is 7.68. The number of aryl methyl sites for hydroxylation is 1. The molecule has 2 heterocycles. The number of anilines is 1. The van der Waals surface area contributed by atoms with Crippen LogP contribution in [0.4, 0.5) is 5.69 Å². The van der Waals surface area contributed by atoms with Crippen LogP contribution in [0.15, 0.2) is 29.3 Å². The van der Waals surface area contributed by atoms with Crippen LogP contribution in [-0.2, 0) is 17.8 Å². The Morgan fingerprint density at radius 1 is 1.13 bits per heavy atom. The summed E-state index contributed by atoms with van der Waals surface area (Å²) in [4.78, 5) is 9.68. The number of para-hydroxylation sites is 2. The minimum Gasteiger partial charge on any atom is -0.495 e. The van der Waals surface area contributed by atoms with Crippen molar-refractivity contribution < 1.29 is 9.47 Å². The molecule has 1 fully saturated rings. The number of aromatic nitrogens is 2. The molecule has 1 N–H and O–H groups in total. The highest BCUT2D eigenvalue weighted by atomic mass is 16.5. The van der Waals surface area contributed by atoms with Crippen LogP contribution in [0.3, 0.4) is 0 Å². The van der Waals surface area contributed by atoms with Gasteiger partial charge in [0.2, 0.25) is 0 Å². The predicted octanol–water partition coefficient (Wildman–Crippen LogP) is 2.44. The zero-order valence-electron chi connectivity index (χ0n) is 19.5. The molecule has 0 bridgehead atoms. The first-order valence-corrected chi connectivity index (χ1v) is 11.0. The van der Waals surface area contributed by atoms with Crippen molar-refractivity contribution in [3.63, 3.8) is 0 Å². The zero-order valence-corrected chi connectivity index (χ0v) is 19.5. The number of ether oxygens (including phenoxy) is 2. The van der Waals surface area contributed by atoms with Crippen LogP contribution in [0.2, 0.25) is 0 Å². The highest BCUT2D eigenvalue weighted by Gasteiger charge is 2.22. The Kier molecular flexibility index (Phi) is 8.17. The summed E-state index contributed by atoms with van der Waals surface area (Å²) in [5, 5.41) is 8.12. The van der Waals surface area contributed by atoms with Crippen LogP contribution in [0.25, 0.3) is 0 Å². The number of nitrogens with one attached hydrogen (secondary N) is 1. The third-order valence-corrected chi connectivity index (χ3v) is 5.77. The molecular weight excluding hydrogens is 392 g/mol. The van der Waals surface area contributed by atoms with Gasteiger partial charge in [0.25, 0.3) is 0 Å². The van der Waals surface area contributed by atoms with Crippen LogP contribution < -0.4 is 15.0 Å². The van der Waals surface area contributed by atoms with E-state index in [2.05, 4.69) is 53.1 Å². The molecule has 8 nitrogen and oxygen atoms in total. The molecule has 8 heteroatoms. The molecule has 2 aromatic rings. The van der Waals surface area contributed by atoms with Crippen LogP contribution in [0, 0.1) is 13.8 Å². The summed E-state index contributed by atoms with van der Waals surface area (Å²) in [6.45, 7) is 12.8. The van der Waals surface area contributed by atoms with Crippen molar-refractivity contribution in [2.24, 2.45) is 4.99 Å². The van der Waals surface area contributed by atoms with Gasteiger partial charge < -0.3 is 24.6 Å². The lowest BCUT2D eigenvalue weighted by Gasteiger charge is -2.38. The van der Waals surface area contributed by atoms with Gasteiger partial charge in [0.15, 0.2) is 5.96 Å². The molecule has 31 heavy (non-hydrogen) atoms. The summed E-state index contributed by atoms with van der Waals surface area (Å²) in [5.41, 5.74) is 4.55. The van der Waals surface area contributed by atoms with Gasteiger partial charge >= 0.3 is 0 Å². The number of aliphatic imine (C=N–C) groups is 1. The van der Waals surface area contributed by atoms with Gasteiger partial charge in [-0.1, -0.05) is 12.1 Å². The molecule has 1 aliphatic rings. The Hall–Kier alpha value is -2.74. The zero-order chi connectivity index (χ0) is 22.2. The van der Waals surface area contributed by atoms with E-state index in [1.54, 1.807) is 14.2 Å². The van der Waals surface area contributed by atoms with E-state index in [0.29, 0.717) is 13.2 Å². The van der Waals surface area contributed by atoms with Crippen molar-refractivity contribution >= 4 is 11.6 Å². The number of hydrogen-bond donors (Lipinski definition) is 1. The summed E-state index contributed by atoms with van der Waals surface area (Å²) in [6, 6.07) is 8.22. The molecule has 0 radical (unpaired) electrons. The molecular formula is C23H36N6O2. The van der Waals surface area contributed by atoms with Gasteiger partial charge in [-0.3, -0.25) is 4.68 Å². The van der Waals surface area contributed by atoms with Crippen LogP contribution >= 0.6 is 0 Å². The third-order valence-electron chi connectivity index (χ3n) is 5.77. The smallest absolute Gasteiger partial charge is 0.194 e. The molecule has 0 aliphatic carbocycles. The standard InChI is InChI=1S/C23H36N6O2/c1-6-24-23(25-17-20-18(2)26-29(19(20)3)15-16-30-4)28-13-11-27(12-14-28)21-9-7-8-10-22(21)31-5/h7-10H,6,11-17H2,1-5H3,(H,24,25). The largest absolute Gasteiger partial charge is 0.495 e. The SMILES string of the molecule is CCNC(=NCc1c(C)nn(CCOC)c1C)N1CCN(c2ccccc2OC)CC1. The first-order valence-electron chi connectivity index (χ1n) is 11.0. The number of hydrogen-bond acceptors (Lipinski definition) is 5. The number of nitrogens with zero attached hydrogens (tertiary/aromatic N) is 5. The number of methoxy groups -OCH3 is 2. The predicted molar refractivity (Wildman–Crippen MR) is 125 cm³/mol. The monoisotopic (exact) mass is 428 g/mol. The minimum atomic E-state index is 0.625. The van der Waals surface area contributed by atoms with E-state index in [1.807, 2.05) is 16.8 Å². The molecule has 1 saturated heterocycles. The van der Waals surface area contributed by atoms with Crippen molar-refractivity contribution in [1.29, 1.82) is 0 Å². The normalized spacial score (nSPS) is 14.8. The summed E-state index contributed by atoms with van der Waals surface area (Å²) in [7, 11) is 3.44. The van der Waals surface area contributed by atoms with Gasteiger partial charge in [-0.2, -0.15) is 5.10 Å². The fourth-order valence-electron chi connectivity index (χ4n) is 3.99. The van der Waals surface area contributed by atoms with Gasteiger partial charge in [-0.05, 0) is 32.9 Å². The fourth-order valence-corrected chi connectivity index (χ4v) is 3.99. The molecule has 170 valence electrons. The number of guanidine groups is 1. The quantitative estimate of drug-likeness (QED) is 0.515. The number of rotatable bonds is 8. The van der Waals surface area contributed by atoms with E-state index in [1.165, 1.54) is 5.56 Å². The Bertz CT molecular complexity index is 871. The van der Waals surface area contributed by atoms with Crippen molar-refractivity contribution in [3.05, 3.63) is 41.2 Å². The maximum atomic E-state index is 5.54. The second-order valence-electron chi connectivity index (χ2n) is 7.68. The first kappa shape index (κ1) is 22.9. The summed E-state index contributed by atoms with van der Waals surface area (Å²) >= 11 is 0. The molecule has 1 aromatic carbocycles. The Morgan fingerprint density at radius 2 is 1.87 bits per heavy atom. The van der Waals surface area contributed by atoms with Gasteiger partial charge in [0.1, 0.15) is 5.75 Å². The fraction of sp³-hybridized carbons (Fsp3) is 0.565. The van der Waals surface area contributed by atoms with Gasteiger partial charge in [0, 0.05) is 51.1 Å². The Morgan fingerprint density at radius 3 is 2.55 bits per heavy atom. The number of piperazine rings is 1. The maximum absolute atomic E-state index is 5.54. The summed E-state index contributed by atoms with van der Waals surface area (Å²) < 4.78 is 12.8. The van der Waals surface area contributed by atoms with E-state index in [-0.39, 0.29) is 0 Å². The van der Waals surface area contributed by atoms with Crippen LogP contribution in [-0.4, -0.2) is 74.2 Å². The Labute approximate surface area is 185 Å². The molecule has 0 amide bonds. The van der Waals surface area contributed by atoms with Crippen molar-refractivity contribution in [1.82, 2.24) is 20.0 Å². The molecule has 0 saturated carbocycles. The third kappa shape index (κ3) is 5.50. The van der Waals surface area contributed by atoms with Crippen molar-refractivity contribution in [2.45, 2.75) is 33.9 Å². The molecule has 0 spiro atoms. The van der Waals surface area contributed by atoms with Crippen molar-refractivity contribution in [3.8, 4) is 5.75 Å². The molecule has 1 aliphatic heterocycles. The average Bonchev–Trinajstić information content (AvgIpc) is 3.07. The van der Waals surface area contributed by atoms with E-state index < -0.39 is 0 Å². The molecule has 1 aromatic heterocycles. The first-order chi connectivity index (χ1) is 15.1. The summed E-state index contributed by atoms with van der Waals surface area (Å²) in [5.74, 6) is 1.89. The molecule has 0 atom stereocenters. The van der Waals surface area contributed by atoms with Crippen molar-refractivity contribution in [2.75, 3.05) is 58.5 Å². The van der Waals surface area contributed by atoms with E-state index >= 15 is 0 Å². The van der Waals surface area contributed by atoms with Gasteiger partial charge in [0.05, 0.1) is 38.2 Å². The van der Waals surface area contributed by atoms with Crippen LogP contribution in [0.1, 0.15) is 23.9 Å². The highest BCUT2D eigenvalue weighted by Crippen LogP contribution is 2.28. The van der Waals surface area contributed by atoms with Crippen LogP contribution in [0.5, 0.6) is 5.75 Å². The lowest BCUT2D eigenvalue weighted by molar-refractivity contribution is 0.182. The number of benzene rings is 1. The van der Waals surface area contributed by atoms with E-state index in [0.717, 1.165) is 68.1 Å². The lowest BCUT2D eigenvalue weighted by atomic mass is 10.2. The highest BCUT2D eigenvalue weighted by molar-refractivity contribution is 5.80. The minimum absolute atomic E-state index is 0.625. The topological polar surface area (TPSA) is 67.2 Å².